The van der Waals surface area contributed by atoms with E-state index in [0.717, 1.165) is 13.1 Å². The molecule has 0 fully saturated rings. The van der Waals surface area contributed by atoms with Crippen LogP contribution in [-0.2, 0) is 0 Å². The third-order valence-electron chi connectivity index (χ3n) is 2.34. The van der Waals surface area contributed by atoms with Gasteiger partial charge in [0.15, 0.2) is 0 Å². The minimum atomic E-state index is 0.0352. The van der Waals surface area contributed by atoms with Gasteiger partial charge in [-0.3, -0.25) is 9.78 Å². The average Bonchev–Trinajstić information content (AvgIpc) is 2.27. The molecular formula is C14H22N2O. The lowest BCUT2D eigenvalue weighted by molar-refractivity contribution is 0.0709. The van der Waals surface area contributed by atoms with Crippen molar-refractivity contribution in [3.05, 3.63) is 30.1 Å². The molecule has 1 aromatic heterocycles. The number of aromatic nitrogens is 1. The number of amides is 1. The number of nitrogens with zero attached hydrogens (tertiary/aromatic N) is 2. The summed E-state index contributed by atoms with van der Waals surface area (Å²) < 4.78 is 0. The molecule has 0 aliphatic heterocycles. The van der Waals surface area contributed by atoms with Crippen LogP contribution in [0.2, 0.25) is 0 Å². The second-order valence-electron chi connectivity index (χ2n) is 5.21. The van der Waals surface area contributed by atoms with Crippen molar-refractivity contribution in [3.8, 4) is 0 Å². The molecule has 1 heterocycles. The predicted octanol–water partition coefficient (Wildman–Crippen LogP) is 2.84. The van der Waals surface area contributed by atoms with E-state index in [-0.39, 0.29) is 5.91 Å². The molecule has 1 aromatic rings. The Morgan fingerprint density at radius 3 is 2.18 bits per heavy atom. The molecule has 94 valence electrons. The molecule has 0 unspecified atom stereocenters. The van der Waals surface area contributed by atoms with Crippen LogP contribution in [0.3, 0.4) is 0 Å². The summed E-state index contributed by atoms with van der Waals surface area (Å²) in [7, 11) is 0. The number of hydrogen-bond acceptors (Lipinski definition) is 2. The van der Waals surface area contributed by atoms with E-state index >= 15 is 0 Å². The Morgan fingerprint density at radius 2 is 1.76 bits per heavy atom. The van der Waals surface area contributed by atoms with E-state index in [9.17, 15) is 4.79 Å². The fourth-order valence-electron chi connectivity index (χ4n) is 1.77. The normalized spacial score (nSPS) is 10.9. The average molecular weight is 234 g/mol. The zero-order valence-electron chi connectivity index (χ0n) is 11.2. The lowest BCUT2D eigenvalue weighted by Crippen LogP contribution is -2.37. The van der Waals surface area contributed by atoms with Crippen LogP contribution in [0.15, 0.2) is 24.4 Å². The van der Waals surface area contributed by atoms with Gasteiger partial charge in [-0.15, -0.1) is 0 Å². The van der Waals surface area contributed by atoms with Crippen LogP contribution >= 0.6 is 0 Å². The number of rotatable bonds is 5. The highest BCUT2D eigenvalue weighted by Gasteiger charge is 2.18. The van der Waals surface area contributed by atoms with E-state index < -0.39 is 0 Å². The second-order valence-corrected chi connectivity index (χ2v) is 5.21. The van der Waals surface area contributed by atoms with E-state index in [1.54, 1.807) is 12.3 Å². The number of carbonyl (C=O) groups is 1. The Hall–Kier alpha value is -1.38. The zero-order valence-corrected chi connectivity index (χ0v) is 11.2. The fraction of sp³-hybridized carbons (Fsp3) is 0.571. The monoisotopic (exact) mass is 234 g/mol. The highest BCUT2D eigenvalue weighted by molar-refractivity contribution is 5.92. The minimum Gasteiger partial charge on any atom is -0.337 e. The molecule has 0 saturated heterocycles. The first-order chi connectivity index (χ1) is 8.00. The maximum Gasteiger partial charge on any atom is 0.272 e. The van der Waals surface area contributed by atoms with E-state index in [1.807, 2.05) is 17.0 Å². The van der Waals surface area contributed by atoms with Gasteiger partial charge >= 0.3 is 0 Å². The van der Waals surface area contributed by atoms with Gasteiger partial charge in [0.25, 0.3) is 5.91 Å². The first-order valence-corrected chi connectivity index (χ1v) is 6.21. The molecular weight excluding hydrogens is 212 g/mol. The predicted molar refractivity (Wildman–Crippen MR) is 69.8 cm³/mol. The summed E-state index contributed by atoms with van der Waals surface area (Å²) in [6.45, 7) is 10.1. The highest BCUT2D eigenvalue weighted by atomic mass is 16.2. The van der Waals surface area contributed by atoms with Crippen molar-refractivity contribution in [1.82, 2.24) is 9.88 Å². The SMILES string of the molecule is CC(C)CN(CC(C)C)C(=O)c1ccccn1. The topological polar surface area (TPSA) is 33.2 Å². The smallest absolute Gasteiger partial charge is 0.272 e. The summed E-state index contributed by atoms with van der Waals surface area (Å²) in [5.41, 5.74) is 0.536. The molecule has 0 aromatic carbocycles. The van der Waals surface area contributed by atoms with Gasteiger partial charge in [0.2, 0.25) is 0 Å². The third kappa shape index (κ3) is 4.55. The van der Waals surface area contributed by atoms with Crippen molar-refractivity contribution >= 4 is 5.91 Å². The van der Waals surface area contributed by atoms with E-state index in [4.69, 9.17) is 0 Å². The fourth-order valence-corrected chi connectivity index (χ4v) is 1.77. The Bertz CT molecular complexity index is 336. The molecule has 0 saturated carbocycles. The standard InChI is InChI=1S/C14H22N2O/c1-11(2)9-16(10-12(3)4)14(17)13-7-5-6-8-15-13/h5-8,11-12H,9-10H2,1-4H3. The molecule has 17 heavy (non-hydrogen) atoms. The van der Waals surface area contributed by atoms with Crippen LogP contribution in [0.4, 0.5) is 0 Å². The lowest BCUT2D eigenvalue weighted by atomic mass is 10.1. The Labute approximate surface area is 104 Å². The first kappa shape index (κ1) is 13.7. The van der Waals surface area contributed by atoms with Crippen LogP contribution in [0.25, 0.3) is 0 Å². The molecule has 3 nitrogen and oxygen atoms in total. The number of pyridine rings is 1. The zero-order chi connectivity index (χ0) is 12.8. The van der Waals surface area contributed by atoms with Crippen molar-refractivity contribution in [3.63, 3.8) is 0 Å². The van der Waals surface area contributed by atoms with Crippen LogP contribution in [-0.4, -0.2) is 28.9 Å². The molecule has 0 aliphatic carbocycles. The van der Waals surface area contributed by atoms with Gasteiger partial charge in [-0.1, -0.05) is 33.8 Å². The van der Waals surface area contributed by atoms with Gasteiger partial charge < -0.3 is 4.90 Å². The molecule has 0 aliphatic rings. The summed E-state index contributed by atoms with van der Waals surface area (Å²) in [5, 5.41) is 0. The Morgan fingerprint density at radius 1 is 1.18 bits per heavy atom. The van der Waals surface area contributed by atoms with Crippen molar-refractivity contribution in [1.29, 1.82) is 0 Å². The van der Waals surface area contributed by atoms with Gasteiger partial charge in [0, 0.05) is 19.3 Å². The summed E-state index contributed by atoms with van der Waals surface area (Å²) in [4.78, 5) is 18.3. The molecule has 3 heteroatoms. The number of carbonyl (C=O) groups excluding carboxylic acids is 1. The largest absolute Gasteiger partial charge is 0.337 e. The van der Waals surface area contributed by atoms with Crippen molar-refractivity contribution < 1.29 is 4.79 Å². The molecule has 1 amide bonds. The van der Waals surface area contributed by atoms with Gasteiger partial charge in [0.1, 0.15) is 5.69 Å². The summed E-state index contributed by atoms with van der Waals surface area (Å²) in [6, 6.07) is 5.45. The molecule has 0 spiro atoms. The van der Waals surface area contributed by atoms with Gasteiger partial charge in [-0.25, -0.2) is 0 Å². The van der Waals surface area contributed by atoms with Gasteiger partial charge in [-0.2, -0.15) is 0 Å². The maximum absolute atomic E-state index is 12.3. The summed E-state index contributed by atoms with van der Waals surface area (Å²) in [6.07, 6.45) is 1.66. The van der Waals surface area contributed by atoms with Crippen molar-refractivity contribution in [2.75, 3.05) is 13.1 Å². The molecule has 0 N–H and O–H groups in total. The van der Waals surface area contributed by atoms with Crippen LogP contribution in [0, 0.1) is 11.8 Å². The van der Waals surface area contributed by atoms with E-state index in [1.165, 1.54) is 0 Å². The quantitative estimate of drug-likeness (QED) is 0.785. The molecule has 0 atom stereocenters. The summed E-state index contributed by atoms with van der Waals surface area (Å²) in [5.74, 6) is 0.982. The first-order valence-electron chi connectivity index (χ1n) is 6.21. The maximum atomic E-state index is 12.3. The molecule has 1 rings (SSSR count). The third-order valence-corrected chi connectivity index (χ3v) is 2.34. The van der Waals surface area contributed by atoms with Gasteiger partial charge in [-0.05, 0) is 24.0 Å². The minimum absolute atomic E-state index is 0.0352. The molecule has 0 bridgehead atoms. The van der Waals surface area contributed by atoms with Gasteiger partial charge in [0.05, 0.1) is 0 Å². The van der Waals surface area contributed by atoms with Crippen LogP contribution in [0.1, 0.15) is 38.2 Å². The van der Waals surface area contributed by atoms with Crippen molar-refractivity contribution in [2.24, 2.45) is 11.8 Å². The van der Waals surface area contributed by atoms with E-state index in [2.05, 4.69) is 32.7 Å². The van der Waals surface area contributed by atoms with Crippen LogP contribution in [0.5, 0.6) is 0 Å². The lowest BCUT2D eigenvalue weighted by Gasteiger charge is -2.26. The number of hydrogen-bond donors (Lipinski definition) is 0. The molecule has 0 radical (unpaired) electrons. The summed E-state index contributed by atoms with van der Waals surface area (Å²) >= 11 is 0. The van der Waals surface area contributed by atoms with Crippen molar-refractivity contribution in [2.45, 2.75) is 27.7 Å². The highest BCUT2D eigenvalue weighted by Crippen LogP contribution is 2.08. The Kier molecular flexibility index (Phi) is 5.13. The second kappa shape index (κ2) is 6.38. The van der Waals surface area contributed by atoms with E-state index in [0.29, 0.717) is 17.5 Å². The van der Waals surface area contributed by atoms with Crippen LogP contribution < -0.4 is 0 Å². The Balaban J connectivity index is 2.79.